The van der Waals surface area contributed by atoms with Crippen LogP contribution in [0.2, 0.25) is 0 Å². The molecule has 140 valence electrons. The van der Waals surface area contributed by atoms with E-state index in [0.29, 0.717) is 5.69 Å². The molecule has 0 fully saturated rings. The van der Waals surface area contributed by atoms with E-state index in [1.54, 1.807) is 24.4 Å². The third kappa shape index (κ3) is 5.50. The smallest absolute Gasteiger partial charge is 0.264 e. The Hall–Kier alpha value is -2.51. The first-order valence-corrected chi connectivity index (χ1v) is 9.53. The van der Waals surface area contributed by atoms with E-state index in [2.05, 4.69) is 9.71 Å². The molecule has 2 aromatic rings. The molecule has 10 nitrogen and oxygen atoms in total. The lowest BCUT2D eigenvalue weighted by Gasteiger charge is -2.13. The lowest BCUT2D eigenvalue weighted by molar-refractivity contribution is -0.129. The van der Waals surface area contributed by atoms with Gasteiger partial charge in [0.25, 0.3) is 5.91 Å². The first-order chi connectivity index (χ1) is 12.3. The van der Waals surface area contributed by atoms with Gasteiger partial charge >= 0.3 is 0 Å². The Morgan fingerprint density at radius 2 is 2.12 bits per heavy atom. The van der Waals surface area contributed by atoms with Gasteiger partial charge in [-0.25, -0.2) is 24.5 Å². The highest BCUT2D eigenvalue weighted by molar-refractivity contribution is 7.91. The Bertz CT molecular complexity index is 882. The zero-order chi connectivity index (χ0) is 19.2. The minimum Gasteiger partial charge on any atom is -0.400 e. The van der Waals surface area contributed by atoms with Crippen LogP contribution in [0.15, 0.2) is 52.6 Å². The minimum atomic E-state index is -3.76. The van der Waals surface area contributed by atoms with Crippen molar-refractivity contribution in [1.29, 1.82) is 0 Å². The maximum atomic E-state index is 12.3. The number of thiophene rings is 1. The molecule has 0 aliphatic rings. The first-order valence-electron chi connectivity index (χ1n) is 7.23. The molecular formula is C14H18N6O4S2. The number of pyridine rings is 1. The van der Waals surface area contributed by atoms with Crippen molar-refractivity contribution in [3.8, 4) is 10.6 Å². The van der Waals surface area contributed by atoms with Gasteiger partial charge < -0.3 is 10.7 Å². The number of hydrogen-bond donors (Lipinski definition) is 5. The molecule has 0 aliphatic heterocycles. The number of nitrogens with one attached hydrogen (secondary N) is 2. The summed E-state index contributed by atoms with van der Waals surface area (Å²) in [5, 5.41) is 9.33. The number of rotatable bonds is 8. The second-order valence-electron chi connectivity index (χ2n) is 5.07. The third-order valence-electron chi connectivity index (χ3n) is 3.01. The van der Waals surface area contributed by atoms with Crippen molar-refractivity contribution >= 4 is 27.3 Å². The average Bonchev–Trinajstić information content (AvgIpc) is 3.11. The lowest BCUT2D eigenvalue weighted by atomic mass is 10.3. The van der Waals surface area contributed by atoms with Crippen LogP contribution in [0.25, 0.3) is 10.6 Å². The van der Waals surface area contributed by atoms with Crippen LogP contribution in [-0.2, 0) is 14.8 Å². The summed E-state index contributed by atoms with van der Waals surface area (Å²) in [7, 11) is -3.76. The standard InChI is InChI=1S/C14H18N6O4S2/c15-10(8-20(16)9-13(21)19-22)7-18-26(23,24)14-5-4-12(25-14)11-3-1-2-6-17-11/h1-6,8,18,22H,7,9,15-16H2,(H,19,21)/b10-8-. The molecule has 0 aromatic carbocycles. The quantitative estimate of drug-likeness (QED) is 0.227. The van der Waals surface area contributed by atoms with Gasteiger partial charge in [-0.1, -0.05) is 6.07 Å². The summed E-state index contributed by atoms with van der Waals surface area (Å²) in [5.41, 5.74) is 7.87. The fraction of sp³-hybridized carbons (Fsp3) is 0.143. The van der Waals surface area contributed by atoms with Gasteiger partial charge in [0.2, 0.25) is 10.0 Å². The summed E-state index contributed by atoms with van der Waals surface area (Å²) < 4.78 is 27.2. The average molecular weight is 398 g/mol. The van der Waals surface area contributed by atoms with Crippen molar-refractivity contribution in [2.45, 2.75) is 4.21 Å². The van der Waals surface area contributed by atoms with Gasteiger partial charge in [-0.15, -0.1) is 11.3 Å². The molecule has 26 heavy (non-hydrogen) atoms. The van der Waals surface area contributed by atoms with Crippen molar-refractivity contribution in [3.05, 3.63) is 48.4 Å². The van der Waals surface area contributed by atoms with E-state index in [1.165, 1.54) is 17.7 Å². The Kier molecular flexibility index (Phi) is 6.65. The van der Waals surface area contributed by atoms with Gasteiger partial charge in [-0.2, -0.15) is 0 Å². The summed E-state index contributed by atoms with van der Waals surface area (Å²) in [5.74, 6) is 4.75. The molecule has 0 aliphatic carbocycles. The molecule has 0 saturated heterocycles. The molecular weight excluding hydrogens is 380 g/mol. The number of hydrogen-bond acceptors (Lipinski definition) is 9. The maximum absolute atomic E-state index is 12.3. The Morgan fingerprint density at radius 3 is 2.77 bits per heavy atom. The highest BCUT2D eigenvalue weighted by Crippen LogP contribution is 2.29. The van der Waals surface area contributed by atoms with E-state index in [1.807, 2.05) is 6.07 Å². The van der Waals surface area contributed by atoms with Crippen LogP contribution in [0, 0.1) is 0 Å². The summed E-state index contributed by atoms with van der Waals surface area (Å²) >= 11 is 1.08. The minimum absolute atomic E-state index is 0.0864. The normalized spacial score (nSPS) is 12.0. The molecule has 2 heterocycles. The number of sulfonamides is 1. The molecule has 0 saturated carbocycles. The number of hydrazine groups is 1. The molecule has 0 bridgehead atoms. The lowest BCUT2D eigenvalue weighted by Crippen LogP contribution is -2.38. The van der Waals surface area contributed by atoms with E-state index in [0.717, 1.165) is 21.2 Å². The number of aromatic nitrogens is 1. The van der Waals surface area contributed by atoms with Crippen molar-refractivity contribution in [2.75, 3.05) is 13.1 Å². The molecule has 2 aromatic heterocycles. The van der Waals surface area contributed by atoms with E-state index >= 15 is 0 Å². The summed E-state index contributed by atoms with van der Waals surface area (Å²) in [6.07, 6.45) is 2.81. The maximum Gasteiger partial charge on any atom is 0.264 e. The van der Waals surface area contributed by atoms with Crippen molar-refractivity contribution in [3.63, 3.8) is 0 Å². The van der Waals surface area contributed by atoms with Gasteiger partial charge in [-0.3, -0.25) is 15.0 Å². The van der Waals surface area contributed by atoms with Crippen LogP contribution >= 0.6 is 11.3 Å². The summed E-state index contributed by atoms with van der Waals surface area (Å²) in [4.78, 5) is 15.9. The Balaban J connectivity index is 2.01. The summed E-state index contributed by atoms with van der Waals surface area (Å²) in [6, 6.07) is 8.54. The van der Waals surface area contributed by atoms with E-state index in [4.69, 9.17) is 16.8 Å². The summed E-state index contributed by atoms with van der Waals surface area (Å²) in [6.45, 7) is -0.546. The van der Waals surface area contributed by atoms with Crippen LogP contribution in [0.1, 0.15) is 0 Å². The van der Waals surface area contributed by atoms with Crippen LogP contribution < -0.4 is 21.8 Å². The Labute approximate surface area is 154 Å². The SMILES string of the molecule is N/C(=C\N(N)CC(=O)NO)CNS(=O)(=O)c1ccc(-c2ccccn2)s1. The van der Waals surface area contributed by atoms with Gasteiger partial charge in [0.05, 0.1) is 17.1 Å². The van der Waals surface area contributed by atoms with Gasteiger partial charge in [-0.05, 0) is 24.3 Å². The molecule has 0 spiro atoms. The predicted octanol–water partition coefficient (Wildman–Crippen LogP) is -0.430. The molecule has 0 atom stereocenters. The van der Waals surface area contributed by atoms with Gasteiger partial charge in [0, 0.05) is 18.1 Å². The second-order valence-corrected chi connectivity index (χ2v) is 8.15. The monoisotopic (exact) mass is 398 g/mol. The molecule has 1 amide bonds. The predicted molar refractivity (Wildman–Crippen MR) is 95.8 cm³/mol. The third-order valence-corrected chi connectivity index (χ3v) is 6.01. The molecule has 0 radical (unpaired) electrons. The van der Waals surface area contributed by atoms with Crippen molar-refractivity contribution in [1.82, 2.24) is 20.2 Å². The largest absolute Gasteiger partial charge is 0.400 e. The van der Waals surface area contributed by atoms with Gasteiger partial charge in [0.1, 0.15) is 10.8 Å². The van der Waals surface area contributed by atoms with Crippen LogP contribution in [0.4, 0.5) is 0 Å². The number of carbonyl (C=O) groups is 1. The van der Waals surface area contributed by atoms with Crippen LogP contribution in [-0.4, -0.2) is 42.6 Å². The number of hydroxylamine groups is 1. The second kappa shape index (κ2) is 8.73. The number of amides is 1. The van der Waals surface area contributed by atoms with E-state index < -0.39 is 15.9 Å². The zero-order valence-corrected chi connectivity index (χ0v) is 15.1. The fourth-order valence-electron chi connectivity index (χ4n) is 1.87. The highest BCUT2D eigenvalue weighted by Gasteiger charge is 2.17. The van der Waals surface area contributed by atoms with E-state index in [9.17, 15) is 13.2 Å². The highest BCUT2D eigenvalue weighted by atomic mass is 32.2. The van der Waals surface area contributed by atoms with Crippen LogP contribution in [0.3, 0.4) is 0 Å². The van der Waals surface area contributed by atoms with E-state index in [-0.39, 0.29) is 23.0 Å². The van der Waals surface area contributed by atoms with Crippen molar-refractivity contribution < 1.29 is 18.4 Å². The molecule has 7 N–H and O–H groups in total. The molecule has 2 rings (SSSR count). The van der Waals surface area contributed by atoms with Crippen LogP contribution in [0.5, 0.6) is 0 Å². The Morgan fingerprint density at radius 1 is 1.35 bits per heavy atom. The first kappa shape index (κ1) is 19.8. The zero-order valence-electron chi connectivity index (χ0n) is 13.5. The number of carbonyl (C=O) groups excluding carboxylic acids is 1. The van der Waals surface area contributed by atoms with Gasteiger partial charge in [0.15, 0.2) is 0 Å². The fourth-order valence-corrected chi connectivity index (χ4v) is 4.21. The molecule has 0 unspecified atom stereocenters. The topological polar surface area (TPSA) is 164 Å². The number of nitrogens with two attached hydrogens (primary N) is 2. The number of nitrogens with zero attached hydrogens (tertiary/aromatic N) is 2. The van der Waals surface area contributed by atoms with Crippen molar-refractivity contribution in [2.24, 2.45) is 11.6 Å². The molecule has 12 heteroatoms.